The van der Waals surface area contributed by atoms with E-state index >= 15 is 0 Å². The fourth-order valence-electron chi connectivity index (χ4n) is 3.20. The molecule has 19 heavy (non-hydrogen) atoms. The quantitative estimate of drug-likeness (QED) is 0.881. The van der Waals surface area contributed by atoms with E-state index in [1.165, 1.54) is 0 Å². The molecule has 0 saturated carbocycles. The highest BCUT2D eigenvalue weighted by atomic mass is 16.5. The largest absolute Gasteiger partial charge is 0.497 e. The molecular weight excluding hydrogens is 240 g/mol. The van der Waals surface area contributed by atoms with Gasteiger partial charge in [0.15, 0.2) is 0 Å². The molecule has 0 radical (unpaired) electrons. The molecule has 1 aromatic carbocycles. The van der Waals surface area contributed by atoms with Gasteiger partial charge in [-0.3, -0.25) is 4.79 Å². The first-order valence-electron chi connectivity index (χ1n) is 6.92. The number of carbonyl (C=O) groups excluding carboxylic acids is 1. The van der Waals surface area contributed by atoms with Crippen LogP contribution in [0.25, 0.3) is 0 Å². The lowest BCUT2D eigenvalue weighted by molar-refractivity contribution is -0.126. The molecule has 2 heterocycles. The summed E-state index contributed by atoms with van der Waals surface area (Å²) in [6.07, 6.45) is 2.93. The van der Waals surface area contributed by atoms with Crippen molar-refractivity contribution in [2.24, 2.45) is 5.41 Å². The van der Waals surface area contributed by atoms with Crippen LogP contribution in [0.3, 0.4) is 0 Å². The second-order valence-electron chi connectivity index (χ2n) is 5.44. The Morgan fingerprint density at radius 1 is 1.16 bits per heavy atom. The zero-order chi connectivity index (χ0) is 13.3. The number of ether oxygens (including phenoxy) is 1. The third kappa shape index (κ3) is 2.10. The fraction of sp³-hybridized carbons (Fsp3) is 0.533. The molecule has 2 saturated heterocycles. The number of nitrogens with one attached hydrogen (secondary N) is 1. The van der Waals surface area contributed by atoms with Crippen LogP contribution in [0.4, 0.5) is 5.69 Å². The Morgan fingerprint density at radius 2 is 1.84 bits per heavy atom. The number of anilines is 1. The lowest BCUT2D eigenvalue weighted by Crippen LogP contribution is -2.42. The zero-order valence-electron chi connectivity index (χ0n) is 11.3. The number of hydrogen-bond acceptors (Lipinski definition) is 3. The predicted octanol–water partition coefficient (Wildman–Crippen LogP) is 1.80. The molecule has 2 aliphatic heterocycles. The van der Waals surface area contributed by atoms with Gasteiger partial charge >= 0.3 is 0 Å². The number of piperidine rings is 1. The maximum absolute atomic E-state index is 12.7. The first-order chi connectivity index (χ1) is 9.25. The number of benzene rings is 1. The molecule has 0 bridgehead atoms. The summed E-state index contributed by atoms with van der Waals surface area (Å²) in [7, 11) is 1.65. The first-order valence-corrected chi connectivity index (χ1v) is 6.92. The van der Waals surface area contributed by atoms with Crippen molar-refractivity contribution in [3.8, 4) is 5.75 Å². The number of nitrogens with zero attached hydrogens (tertiary/aromatic N) is 1. The lowest BCUT2D eigenvalue weighted by Gasteiger charge is -2.32. The van der Waals surface area contributed by atoms with Crippen molar-refractivity contribution in [2.45, 2.75) is 19.3 Å². The number of amides is 1. The molecule has 2 fully saturated rings. The highest BCUT2D eigenvalue weighted by Gasteiger charge is 2.47. The molecule has 0 unspecified atom stereocenters. The molecule has 2 aliphatic rings. The normalized spacial score (nSPS) is 21.9. The van der Waals surface area contributed by atoms with Crippen LogP contribution in [0.2, 0.25) is 0 Å². The summed E-state index contributed by atoms with van der Waals surface area (Å²) in [5.74, 6) is 1.13. The van der Waals surface area contributed by atoms with Gasteiger partial charge < -0.3 is 15.0 Å². The summed E-state index contributed by atoms with van der Waals surface area (Å²) in [4.78, 5) is 14.6. The summed E-state index contributed by atoms with van der Waals surface area (Å²) in [5.41, 5.74) is 0.881. The van der Waals surface area contributed by atoms with E-state index in [9.17, 15) is 4.79 Å². The second-order valence-corrected chi connectivity index (χ2v) is 5.44. The Labute approximate surface area is 113 Å². The number of rotatable bonds is 2. The molecule has 0 atom stereocenters. The van der Waals surface area contributed by atoms with Crippen LogP contribution < -0.4 is 15.0 Å². The Kier molecular flexibility index (Phi) is 3.19. The number of hydrogen-bond donors (Lipinski definition) is 1. The van der Waals surface area contributed by atoms with Gasteiger partial charge in [0.1, 0.15) is 5.75 Å². The SMILES string of the molecule is COc1ccc(N2CCC3(CCNCC3)C2=O)cc1. The van der Waals surface area contributed by atoms with Gasteiger partial charge in [-0.1, -0.05) is 0 Å². The smallest absolute Gasteiger partial charge is 0.233 e. The number of methoxy groups -OCH3 is 1. The first kappa shape index (κ1) is 12.5. The molecule has 3 rings (SSSR count). The lowest BCUT2D eigenvalue weighted by atomic mass is 9.78. The third-order valence-electron chi connectivity index (χ3n) is 4.46. The van der Waals surface area contributed by atoms with Gasteiger partial charge in [0, 0.05) is 12.2 Å². The van der Waals surface area contributed by atoms with Crippen molar-refractivity contribution in [3.63, 3.8) is 0 Å². The Hall–Kier alpha value is -1.55. The minimum absolute atomic E-state index is 0.106. The molecule has 1 N–H and O–H groups in total. The molecule has 1 aromatic rings. The van der Waals surface area contributed by atoms with E-state index in [0.717, 1.165) is 50.3 Å². The van der Waals surface area contributed by atoms with Gasteiger partial charge in [-0.05, 0) is 56.6 Å². The maximum Gasteiger partial charge on any atom is 0.233 e. The van der Waals surface area contributed by atoms with Crippen molar-refractivity contribution in [2.75, 3.05) is 31.6 Å². The molecule has 1 amide bonds. The van der Waals surface area contributed by atoms with Crippen molar-refractivity contribution in [3.05, 3.63) is 24.3 Å². The summed E-state index contributed by atoms with van der Waals surface area (Å²) >= 11 is 0. The van der Waals surface area contributed by atoms with Gasteiger partial charge in [-0.25, -0.2) is 0 Å². The standard InChI is InChI=1S/C15H20N2O2/c1-19-13-4-2-12(3-5-13)17-11-8-15(14(17)18)6-9-16-10-7-15/h2-5,16H,6-11H2,1H3. The molecule has 4 nitrogen and oxygen atoms in total. The molecule has 1 spiro atoms. The average molecular weight is 260 g/mol. The monoisotopic (exact) mass is 260 g/mol. The average Bonchev–Trinajstić information content (AvgIpc) is 2.77. The van der Waals surface area contributed by atoms with Crippen LogP contribution in [0.15, 0.2) is 24.3 Å². The van der Waals surface area contributed by atoms with E-state index in [4.69, 9.17) is 4.74 Å². The van der Waals surface area contributed by atoms with Crippen LogP contribution in [0, 0.1) is 5.41 Å². The second kappa shape index (κ2) is 4.85. The van der Waals surface area contributed by atoms with E-state index in [-0.39, 0.29) is 5.41 Å². The van der Waals surface area contributed by atoms with Crippen LogP contribution in [0.1, 0.15) is 19.3 Å². The van der Waals surface area contributed by atoms with Gasteiger partial charge in [-0.15, -0.1) is 0 Å². The summed E-state index contributed by atoms with van der Waals surface area (Å²) in [6, 6.07) is 7.76. The van der Waals surface area contributed by atoms with Gasteiger partial charge in [0.05, 0.1) is 12.5 Å². The van der Waals surface area contributed by atoms with Crippen LogP contribution in [0.5, 0.6) is 5.75 Å². The highest BCUT2D eigenvalue weighted by molar-refractivity contribution is 6.00. The van der Waals surface area contributed by atoms with Gasteiger partial charge in [0.2, 0.25) is 5.91 Å². The minimum atomic E-state index is -0.106. The fourth-order valence-corrected chi connectivity index (χ4v) is 3.20. The summed E-state index contributed by atoms with van der Waals surface area (Å²) < 4.78 is 5.16. The van der Waals surface area contributed by atoms with E-state index < -0.39 is 0 Å². The Balaban J connectivity index is 1.80. The highest BCUT2D eigenvalue weighted by Crippen LogP contribution is 2.41. The molecular formula is C15H20N2O2. The van der Waals surface area contributed by atoms with Crippen LogP contribution >= 0.6 is 0 Å². The van der Waals surface area contributed by atoms with E-state index in [2.05, 4.69) is 5.32 Å². The summed E-state index contributed by atoms with van der Waals surface area (Å²) in [6.45, 7) is 2.76. The van der Waals surface area contributed by atoms with Gasteiger partial charge in [0.25, 0.3) is 0 Å². The predicted molar refractivity (Wildman–Crippen MR) is 74.5 cm³/mol. The van der Waals surface area contributed by atoms with Gasteiger partial charge in [-0.2, -0.15) is 0 Å². The minimum Gasteiger partial charge on any atom is -0.497 e. The van der Waals surface area contributed by atoms with E-state index in [1.54, 1.807) is 7.11 Å². The van der Waals surface area contributed by atoms with E-state index in [1.807, 2.05) is 29.2 Å². The molecule has 0 aliphatic carbocycles. The Morgan fingerprint density at radius 3 is 2.47 bits per heavy atom. The van der Waals surface area contributed by atoms with Crippen molar-refractivity contribution >= 4 is 11.6 Å². The molecule has 0 aromatic heterocycles. The maximum atomic E-state index is 12.7. The molecule has 4 heteroatoms. The zero-order valence-corrected chi connectivity index (χ0v) is 11.3. The van der Waals surface area contributed by atoms with Crippen LogP contribution in [-0.4, -0.2) is 32.7 Å². The summed E-state index contributed by atoms with van der Waals surface area (Å²) in [5, 5.41) is 3.34. The van der Waals surface area contributed by atoms with Crippen molar-refractivity contribution in [1.29, 1.82) is 0 Å². The van der Waals surface area contributed by atoms with E-state index in [0.29, 0.717) is 5.91 Å². The molecule has 102 valence electrons. The van der Waals surface area contributed by atoms with Crippen molar-refractivity contribution in [1.82, 2.24) is 5.32 Å². The Bertz CT molecular complexity index is 464. The third-order valence-corrected chi connectivity index (χ3v) is 4.46. The van der Waals surface area contributed by atoms with Crippen molar-refractivity contribution < 1.29 is 9.53 Å². The van der Waals surface area contributed by atoms with Crippen LogP contribution in [-0.2, 0) is 4.79 Å². The topological polar surface area (TPSA) is 41.6 Å². The number of carbonyl (C=O) groups is 1.